The molecule has 0 aliphatic rings. The van der Waals surface area contributed by atoms with E-state index in [2.05, 4.69) is 5.32 Å². The number of anilines is 1. The van der Waals surface area contributed by atoms with Crippen LogP contribution in [-0.2, 0) is 16.0 Å². The van der Waals surface area contributed by atoms with Gasteiger partial charge in [0.2, 0.25) is 11.8 Å². The van der Waals surface area contributed by atoms with Gasteiger partial charge < -0.3 is 10.2 Å². The second kappa shape index (κ2) is 8.62. The van der Waals surface area contributed by atoms with Crippen LogP contribution in [0.3, 0.4) is 0 Å². The van der Waals surface area contributed by atoms with E-state index in [0.29, 0.717) is 17.1 Å². The summed E-state index contributed by atoms with van der Waals surface area (Å²) in [7, 11) is 0. The van der Waals surface area contributed by atoms with Crippen molar-refractivity contribution in [1.29, 1.82) is 0 Å². The highest BCUT2D eigenvalue weighted by molar-refractivity contribution is 6.30. The number of amides is 2. The van der Waals surface area contributed by atoms with Crippen molar-refractivity contribution in [3.05, 3.63) is 64.4 Å². The number of nitrogens with zero attached hydrogens (tertiary/aromatic N) is 1. The number of hydrogen-bond acceptors (Lipinski definition) is 2. The van der Waals surface area contributed by atoms with E-state index >= 15 is 0 Å². The average molecular weight is 363 g/mol. The minimum Gasteiger partial charge on any atom is -0.354 e. The first-order valence-corrected chi connectivity index (χ1v) is 8.30. The van der Waals surface area contributed by atoms with Crippen molar-refractivity contribution >= 4 is 29.1 Å². The molecule has 0 saturated heterocycles. The van der Waals surface area contributed by atoms with E-state index in [1.54, 1.807) is 41.3 Å². The molecule has 0 atom stereocenters. The predicted octanol–water partition coefficient (Wildman–Crippen LogP) is 3.50. The van der Waals surface area contributed by atoms with Crippen molar-refractivity contribution in [1.82, 2.24) is 5.32 Å². The summed E-state index contributed by atoms with van der Waals surface area (Å²) in [6.45, 7) is 3.93. The van der Waals surface area contributed by atoms with Crippen LogP contribution in [0.4, 0.5) is 10.1 Å². The summed E-state index contributed by atoms with van der Waals surface area (Å²) >= 11 is 5.95. The van der Waals surface area contributed by atoms with E-state index in [9.17, 15) is 14.0 Å². The summed E-state index contributed by atoms with van der Waals surface area (Å²) in [5.41, 5.74) is 1.97. The third-order valence-electron chi connectivity index (χ3n) is 3.80. The fourth-order valence-electron chi connectivity index (χ4n) is 2.55. The Morgan fingerprint density at radius 3 is 2.56 bits per heavy atom. The summed E-state index contributed by atoms with van der Waals surface area (Å²) in [5, 5.41) is 3.32. The van der Waals surface area contributed by atoms with Crippen LogP contribution in [0.2, 0.25) is 5.02 Å². The highest BCUT2D eigenvalue weighted by Crippen LogP contribution is 2.23. The van der Waals surface area contributed by atoms with Crippen LogP contribution < -0.4 is 10.2 Å². The highest BCUT2D eigenvalue weighted by Gasteiger charge is 2.14. The molecule has 25 heavy (non-hydrogen) atoms. The molecule has 6 heteroatoms. The number of aryl methyl sites for hydroxylation is 1. The Morgan fingerprint density at radius 1 is 1.20 bits per heavy atom. The van der Waals surface area contributed by atoms with Gasteiger partial charge >= 0.3 is 0 Å². The van der Waals surface area contributed by atoms with Crippen molar-refractivity contribution in [2.45, 2.75) is 20.3 Å². The molecule has 0 bridgehead atoms. The Hall–Kier alpha value is -2.40. The van der Waals surface area contributed by atoms with Gasteiger partial charge in [-0.2, -0.15) is 0 Å². The fourth-order valence-corrected chi connectivity index (χ4v) is 2.78. The molecular weight excluding hydrogens is 343 g/mol. The zero-order valence-electron chi connectivity index (χ0n) is 14.2. The monoisotopic (exact) mass is 362 g/mol. The number of nitrogens with one attached hydrogen (secondary N) is 1. The molecule has 2 rings (SSSR count). The molecular formula is C19H20ClFN2O2. The first-order valence-electron chi connectivity index (χ1n) is 7.93. The maximum Gasteiger partial charge on any atom is 0.224 e. The van der Waals surface area contributed by atoms with Crippen LogP contribution >= 0.6 is 11.6 Å². The second-order valence-corrected chi connectivity index (χ2v) is 6.16. The van der Waals surface area contributed by atoms with Crippen LogP contribution in [0.25, 0.3) is 0 Å². The van der Waals surface area contributed by atoms with Crippen molar-refractivity contribution in [3.8, 4) is 0 Å². The van der Waals surface area contributed by atoms with Crippen LogP contribution in [0.5, 0.6) is 0 Å². The van der Waals surface area contributed by atoms with Gasteiger partial charge in [-0.05, 0) is 42.3 Å². The average Bonchev–Trinajstić information content (AvgIpc) is 2.54. The van der Waals surface area contributed by atoms with Gasteiger partial charge in [0, 0.05) is 30.7 Å². The maximum atomic E-state index is 13.6. The van der Waals surface area contributed by atoms with Gasteiger partial charge in [0.25, 0.3) is 0 Å². The van der Waals surface area contributed by atoms with Crippen molar-refractivity contribution in [2.24, 2.45) is 0 Å². The SMILES string of the molecule is CC(=O)N(CCNC(=O)Cc1ccccc1F)c1ccc(Cl)cc1C. The molecule has 0 unspecified atom stereocenters. The van der Waals surface area contributed by atoms with Gasteiger partial charge in [-0.1, -0.05) is 29.8 Å². The summed E-state index contributed by atoms with van der Waals surface area (Å²) in [6.07, 6.45) is -0.0350. The molecule has 0 heterocycles. The van der Waals surface area contributed by atoms with Crippen LogP contribution in [-0.4, -0.2) is 24.9 Å². The zero-order valence-corrected chi connectivity index (χ0v) is 14.9. The van der Waals surface area contributed by atoms with Gasteiger partial charge in [-0.25, -0.2) is 4.39 Å². The lowest BCUT2D eigenvalue weighted by atomic mass is 10.1. The standard InChI is InChI=1S/C19H20ClFN2O2/c1-13-11-16(20)7-8-18(13)23(14(2)24)10-9-22-19(25)12-15-5-3-4-6-17(15)21/h3-8,11H,9-10,12H2,1-2H3,(H,22,25). The largest absolute Gasteiger partial charge is 0.354 e. The lowest BCUT2D eigenvalue weighted by Crippen LogP contribution is -2.38. The van der Waals surface area contributed by atoms with Crippen molar-refractivity contribution in [3.63, 3.8) is 0 Å². The Morgan fingerprint density at radius 2 is 1.92 bits per heavy atom. The number of hydrogen-bond donors (Lipinski definition) is 1. The first-order chi connectivity index (χ1) is 11.9. The number of carbonyl (C=O) groups excluding carboxylic acids is 2. The first kappa shape index (κ1) is 18.9. The molecule has 2 aromatic carbocycles. The Labute approximate surface area is 151 Å². The third-order valence-corrected chi connectivity index (χ3v) is 4.03. The van der Waals surface area contributed by atoms with E-state index in [-0.39, 0.29) is 24.8 Å². The molecule has 0 fully saturated rings. The Balaban J connectivity index is 1.94. The number of benzene rings is 2. The minimum absolute atomic E-state index is 0.0350. The molecule has 1 N–H and O–H groups in total. The van der Waals surface area contributed by atoms with Crippen LogP contribution in [0.1, 0.15) is 18.1 Å². The smallest absolute Gasteiger partial charge is 0.224 e. The summed E-state index contributed by atoms with van der Waals surface area (Å²) < 4.78 is 13.6. The fraction of sp³-hybridized carbons (Fsp3) is 0.263. The lowest BCUT2D eigenvalue weighted by Gasteiger charge is -2.23. The minimum atomic E-state index is -0.403. The molecule has 4 nitrogen and oxygen atoms in total. The number of carbonyl (C=O) groups is 2. The maximum absolute atomic E-state index is 13.6. The van der Waals surface area contributed by atoms with E-state index in [1.807, 2.05) is 6.92 Å². The highest BCUT2D eigenvalue weighted by atomic mass is 35.5. The van der Waals surface area contributed by atoms with E-state index in [0.717, 1.165) is 11.3 Å². The normalized spacial score (nSPS) is 10.4. The van der Waals surface area contributed by atoms with Crippen molar-refractivity contribution < 1.29 is 14.0 Å². The van der Waals surface area contributed by atoms with Gasteiger partial charge in [0.1, 0.15) is 5.82 Å². The summed E-state index contributed by atoms with van der Waals surface area (Å²) in [4.78, 5) is 25.5. The Bertz CT molecular complexity index is 780. The predicted molar refractivity (Wildman–Crippen MR) is 97.3 cm³/mol. The zero-order chi connectivity index (χ0) is 18.4. The summed E-state index contributed by atoms with van der Waals surface area (Å²) in [5.74, 6) is -0.824. The van der Waals surface area contributed by atoms with Crippen LogP contribution in [0.15, 0.2) is 42.5 Å². The second-order valence-electron chi connectivity index (χ2n) is 5.72. The molecule has 2 amide bonds. The van der Waals surface area contributed by atoms with Gasteiger partial charge in [-0.3, -0.25) is 9.59 Å². The molecule has 0 aromatic heterocycles. The molecule has 0 saturated carbocycles. The van der Waals surface area contributed by atoms with Gasteiger partial charge in [0.15, 0.2) is 0 Å². The molecule has 132 valence electrons. The third kappa shape index (κ3) is 5.29. The number of halogens is 2. The Kier molecular flexibility index (Phi) is 6.53. The van der Waals surface area contributed by atoms with E-state index < -0.39 is 5.82 Å². The molecule has 0 radical (unpaired) electrons. The molecule has 2 aromatic rings. The van der Waals surface area contributed by atoms with Crippen LogP contribution in [0, 0.1) is 12.7 Å². The van der Waals surface area contributed by atoms with E-state index in [1.165, 1.54) is 13.0 Å². The molecule has 0 aliphatic heterocycles. The molecule has 0 aliphatic carbocycles. The van der Waals surface area contributed by atoms with Gasteiger partial charge in [0.05, 0.1) is 6.42 Å². The topological polar surface area (TPSA) is 49.4 Å². The van der Waals surface area contributed by atoms with Crippen molar-refractivity contribution in [2.75, 3.05) is 18.0 Å². The van der Waals surface area contributed by atoms with Gasteiger partial charge in [-0.15, -0.1) is 0 Å². The quantitative estimate of drug-likeness (QED) is 0.855. The van der Waals surface area contributed by atoms with E-state index in [4.69, 9.17) is 11.6 Å². The lowest BCUT2D eigenvalue weighted by molar-refractivity contribution is -0.121. The number of rotatable bonds is 6. The molecule has 0 spiro atoms. The summed E-state index contributed by atoms with van der Waals surface area (Å²) in [6, 6.07) is 11.4.